The molecule has 0 bridgehead atoms. The van der Waals surface area contributed by atoms with E-state index in [1.807, 2.05) is 0 Å². The van der Waals surface area contributed by atoms with Gasteiger partial charge in [-0.3, -0.25) is 0 Å². The van der Waals surface area contributed by atoms with Gasteiger partial charge in [-0.1, -0.05) is 86.6 Å². The molecule has 0 spiro atoms. The Bertz CT molecular complexity index is 1010. The summed E-state index contributed by atoms with van der Waals surface area (Å²) in [6.07, 6.45) is 5.98. The molecule has 2 aliphatic carbocycles. The molecule has 0 fully saturated rings. The first-order valence-corrected chi connectivity index (χ1v) is 11.3. The zero-order chi connectivity index (χ0) is 19.8. The van der Waals surface area contributed by atoms with Crippen molar-refractivity contribution in [1.82, 2.24) is 0 Å². The fourth-order valence-corrected chi connectivity index (χ4v) is 5.89. The van der Waals surface area contributed by atoms with Crippen LogP contribution in [0.15, 0.2) is 72.8 Å². The lowest BCUT2D eigenvalue weighted by Gasteiger charge is -2.25. The third kappa shape index (κ3) is 2.97. The Labute approximate surface area is 175 Å². The zero-order valence-corrected chi connectivity index (χ0v) is 17.6. The molecule has 0 saturated carbocycles. The molecular weight excluding hydrogens is 348 g/mol. The van der Waals surface area contributed by atoms with Crippen LogP contribution >= 0.6 is 0 Å². The Morgan fingerprint density at radius 3 is 1.72 bits per heavy atom. The minimum atomic E-state index is 0.578. The molecule has 2 aliphatic rings. The van der Waals surface area contributed by atoms with Crippen molar-refractivity contribution in [3.8, 4) is 0 Å². The second kappa shape index (κ2) is 7.67. The molecule has 5 rings (SSSR count). The maximum absolute atomic E-state index is 2.40. The molecule has 0 heterocycles. The van der Waals surface area contributed by atoms with E-state index >= 15 is 0 Å². The number of hydrogen-bond acceptors (Lipinski definition) is 0. The van der Waals surface area contributed by atoms with E-state index in [0.29, 0.717) is 11.8 Å². The minimum Gasteiger partial charge on any atom is -0.0648 e. The summed E-state index contributed by atoms with van der Waals surface area (Å²) in [6, 6.07) is 27.6. The third-order valence-corrected chi connectivity index (χ3v) is 7.14. The molecule has 2 atom stereocenters. The van der Waals surface area contributed by atoms with Gasteiger partial charge in [0.25, 0.3) is 0 Å². The average Bonchev–Trinajstić information content (AvgIpc) is 2.90. The van der Waals surface area contributed by atoms with Gasteiger partial charge in [-0.2, -0.15) is 0 Å². The number of hydrogen-bond donors (Lipinski definition) is 0. The van der Waals surface area contributed by atoms with Gasteiger partial charge in [-0.15, -0.1) is 0 Å². The van der Waals surface area contributed by atoms with Gasteiger partial charge in [0.15, 0.2) is 0 Å². The van der Waals surface area contributed by atoms with Gasteiger partial charge in [0.05, 0.1) is 0 Å². The lowest BCUT2D eigenvalue weighted by molar-refractivity contribution is 0.511. The lowest BCUT2D eigenvalue weighted by atomic mass is 9.78. The van der Waals surface area contributed by atoms with Crippen molar-refractivity contribution in [3.05, 3.63) is 106 Å². The summed E-state index contributed by atoms with van der Waals surface area (Å²) in [4.78, 5) is 0. The molecule has 0 heteroatoms. The number of allylic oxidation sites excluding steroid dienone is 1. The van der Waals surface area contributed by atoms with Gasteiger partial charge in [0.1, 0.15) is 0 Å². The van der Waals surface area contributed by atoms with E-state index in [-0.39, 0.29) is 0 Å². The van der Waals surface area contributed by atoms with Crippen molar-refractivity contribution >= 4 is 11.1 Å². The molecule has 0 amide bonds. The third-order valence-electron chi connectivity index (χ3n) is 7.14. The highest BCUT2D eigenvalue weighted by Gasteiger charge is 2.33. The molecule has 0 nitrogen and oxygen atoms in total. The second-order valence-electron chi connectivity index (χ2n) is 8.57. The van der Waals surface area contributed by atoms with Crippen LogP contribution in [0.2, 0.25) is 0 Å². The number of fused-ring (bicyclic) bond motifs is 3. The maximum atomic E-state index is 2.40. The standard InChI is InChI=1S/C29H30/c1-3-21-22(4-2)25-16-8-10-18-28(25)29(27-17-9-7-15-24(21)27)26-19-11-13-20-12-5-6-14-23(20)26/h5-10,12,14-18,21-22H,3-4,11,13,19H2,1-2H3/t21-,22-/m1/s1. The van der Waals surface area contributed by atoms with Crippen LogP contribution in [-0.4, -0.2) is 0 Å². The number of aryl methyl sites for hydroxylation is 1. The fraction of sp³-hybridized carbons (Fsp3) is 0.310. The second-order valence-corrected chi connectivity index (χ2v) is 8.57. The molecular formula is C29H30. The largest absolute Gasteiger partial charge is 0.0648 e. The summed E-state index contributed by atoms with van der Waals surface area (Å²) in [5.74, 6) is 1.16. The SMILES string of the molecule is CC[C@H]1c2ccccc2C(=C2CCCc3ccccc32)c2ccccc2[C@@H]1CC. The maximum Gasteiger partial charge on any atom is -0.00675 e. The highest BCUT2D eigenvalue weighted by atomic mass is 14.4. The topological polar surface area (TPSA) is 0 Å². The van der Waals surface area contributed by atoms with Crippen LogP contribution in [-0.2, 0) is 6.42 Å². The number of rotatable bonds is 2. The molecule has 0 radical (unpaired) electrons. The van der Waals surface area contributed by atoms with Crippen LogP contribution < -0.4 is 0 Å². The van der Waals surface area contributed by atoms with Crippen LogP contribution in [0, 0.1) is 0 Å². The Hall–Kier alpha value is -2.60. The van der Waals surface area contributed by atoms with Gasteiger partial charge < -0.3 is 0 Å². The van der Waals surface area contributed by atoms with E-state index in [9.17, 15) is 0 Å². The van der Waals surface area contributed by atoms with Crippen LogP contribution in [0.4, 0.5) is 0 Å². The van der Waals surface area contributed by atoms with Gasteiger partial charge in [-0.25, -0.2) is 0 Å². The first kappa shape index (κ1) is 18.4. The van der Waals surface area contributed by atoms with E-state index < -0.39 is 0 Å². The first-order chi connectivity index (χ1) is 14.3. The Kier molecular flexibility index (Phi) is 4.87. The summed E-state index contributed by atoms with van der Waals surface area (Å²) in [5.41, 5.74) is 12.1. The predicted molar refractivity (Wildman–Crippen MR) is 124 cm³/mol. The molecule has 0 unspecified atom stereocenters. The Morgan fingerprint density at radius 1 is 0.621 bits per heavy atom. The molecule has 3 aromatic rings. The van der Waals surface area contributed by atoms with Crippen molar-refractivity contribution in [2.24, 2.45) is 0 Å². The van der Waals surface area contributed by atoms with E-state index in [4.69, 9.17) is 0 Å². The van der Waals surface area contributed by atoms with E-state index in [1.165, 1.54) is 59.9 Å². The molecule has 146 valence electrons. The van der Waals surface area contributed by atoms with Crippen LogP contribution in [0.1, 0.15) is 84.7 Å². The molecule has 0 N–H and O–H groups in total. The highest BCUT2D eigenvalue weighted by Crippen LogP contribution is 2.50. The smallest absolute Gasteiger partial charge is 0.00675 e. The van der Waals surface area contributed by atoms with Gasteiger partial charge in [0, 0.05) is 0 Å². The predicted octanol–water partition coefficient (Wildman–Crippen LogP) is 7.98. The van der Waals surface area contributed by atoms with Crippen LogP contribution in [0.25, 0.3) is 11.1 Å². The van der Waals surface area contributed by atoms with Gasteiger partial charge >= 0.3 is 0 Å². The van der Waals surface area contributed by atoms with Crippen LogP contribution in [0.3, 0.4) is 0 Å². The van der Waals surface area contributed by atoms with Crippen molar-refractivity contribution in [2.75, 3.05) is 0 Å². The fourth-order valence-electron chi connectivity index (χ4n) is 5.89. The molecule has 3 aromatic carbocycles. The summed E-state index contributed by atoms with van der Waals surface area (Å²) >= 11 is 0. The molecule has 0 aliphatic heterocycles. The van der Waals surface area contributed by atoms with E-state index in [1.54, 1.807) is 16.7 Å². The minimum absolute atomic E-state index is 0.578. The molecule has 0 aromatic heterocycles. The summed E-state index contributed by atoms with van der Waals surface area (Å²) in [5, 5.41) is 0. The number of benzene rings is 3. The highest BCUT2D eigenvalue weighted by molar-refractivity contribution is 6.01. The molecule has 29 heavy (non-hydrogen) atoms. The normalized spacial score (nSPS) is 20.5. The quantitative estimate of drug-likeness (QED) is 0.424. The zero-order valence-electron chi connectivity index (χ0n) is 17.6. The summed E-state index contributed by atoms with van der Waals surface area (Å²) < 4.78 is 0. The Balaban J connectivity index is 1.90. The van der Waals surface area contributed by atoms with E-state index in [0.717, 1.165) is 0 Å². The average molecular weight is 379 g/mol. The lowest BCUT2D eigenvalue weighted by Crippen LogP contribution is -2.10. The summed E-state index contributed by atoms with van der Waals surface area (Å²) in [6.45, 7) is 4.72. The van der Waals surface area contributed by atoms with Gasteiger partial charge in [0.2, 0.25) is 0 Å². The Morgan fingerprint density at radius 2 is 1.14 bits per heavy atom. The van der Waals surface area contributed by atoms with Crippen molar-refractivity contribution in [3.63, 3.8) is 0 Å². The van der Waals surface area contributed by atoms with Crippen molar-refractivity contribution < 1.29 is 0 Å². The van der Waals surface area contributed by atoms with Crippen molar-refractivity contribution in [2.45, 2.75) is 57.8 Å². The monoisotopic (exact) mass is 378 g/mol. The molecule has 0 saturated heterocycles. The van der Waals surface area contributed by atoms with Crippen molar-refractivity contribution in [1.29, 1.82) is 0 Å². The first-order valence-electron chi connectivity index (χ1n) is 11.3. The van der Waals surface area contributed by atoms with Gasteiger partial charge in [-0.05, 0) is 88.5 Å². The summed E-state index contributed by atoms with van der Waals surface area (Å²) in [7, 11) is 0. The van der Waals surface area contributed by atoms with E-state index in [2.05, 4.69) is 86.6 Å². The van der Waals surface area contributed by atoms with Crippen LogP contribution in [0.5, 0.6) is 0 Å².